The number of carbonyl (C=O) groups is 1. The predicted molar refractivity (Wildman–Crippen MR) is 78.8 cm³/mol. The number of amides is 1. The van der Waals surface area contributed by atoms with E-state index in [1.165, 1.54) is 11.3 Å². The van der Waals surface area contributed by atoms with Gasteiger partial charge in [-0.3, -0.25) is 9.79 Å². The van der Waals surface area contributed by atoms with Gasteiger partial charge in [-0.1, -0.05) is 6.92 Å². The van der Waals surface area contributed by atoms with E-state index in [-0.39, 0.29) is 5.91 Å². The normalized spacial score (nSPS) is 11.2. The second-order valence-corrected chi connectivity index (χ2v) is 4.80. The smallest absolute Gasteiger partial charge is 0.263 e. The lowest BCUT2D eigenvalue weighted by atomic mass is 10.4. The number of guanidine groups is 1. The summed E-state index contributed by atoms with van der Waals surface area (Å²) in [5.74, 6) is 0.684. The quantitative estimate of drug-likeness (QED) is 0.409. The van der Waals surface area contributed by atoms with Crippen LogP contribution >= 0.6 is 11.3 Å². The van der Waals surface area contributed by atoms with E-state index >= 15 is 0 Å². The number of aliphatic imine (C=N–C) groups is 1. The van der Waals surface area contributed by atoms with Gasteiger partial charge in [0.05, 0.1) is 11.2 Å². The Balaban J connectivity index is 2.24. The van der Waals surface area contributed by atoms with Gasteiger partial charge in [0, 0.05) is 26.7 Å². The molecule has 1 heterocycles. The van der Waals surface area contributed by atoms with E-state index in [0.29, 0.717) is 18.0 Å². The molecule has 6 nitrogen and oxygen atoms in total. The van der Waals surface area contributed by atoms with Gasteiger partial charge in [0.15, 0.2) is 5.96 Å². The van der Waals surface area contributed by atoms with Crippen LogP contribution < -0.4 is 16.0 Å². The highest BCUT2D eigenvalue weighted by Gasteiger charge is 2.10. The fourth-order valence-corrected chi connectivity index (χ4v) is 2.14. The Morgan fingerprint density at radius 3 is 2.58 bits per heavy atom. The first-order valence-electron chi connectivity index (χ1n) is 6.31. The van der Waals surface area contributed by atoms with E-state index in [4.69, 9.17) is 0 Å². The zero-order valence-corrected chi connectivity index (χ0v) is 12.4. The maximum atomic E-state index is 11.8. The molecule has 0 saturated carbocycles. The van der Waals surface area contributed by atoms with Crippen LogP contribution in [0.25, 0.3) is 0 Å². The van der Waals surface area contributed by atoms with E-state index in [9.17, 15) is 4.79 Å². The molecule has 3 N–H and O–H groups in total. The molecule has 0 saturated heterocycles. The van der Waals surface area contributed by atoms with Crippen molar-refractivity contribution in [3.05, 3.63) is 16.1 Å². The summed E-state index contributed by atoms with van der Waals surface area (Å²) in [5.41, 5.74) is 2.45. The molecule has 1 aromatic rings. The van der Waals surface area contributed by atoms with E-state index < -0.39 is 0 Å². The minimum atomic E-state index is -0.0710. The maximum absolute atomic E-state index is 11.8. The lowest BCUT2D eigenvalue weighted by Crippen LogP contribution is -2.41. The second-order valence-electron chi connectivity index (χ2n) is 3.95. The third-order valence-corrected chi connectivity index (χ3v) is 3.35. The predicted octanol–water partition coefficient (Wildman–Crippen LogP) is 0.756. The van der Waals surface area contributed by atoms with Crippen molar-refractivity contribution in [1.29, 1.82) is 0 Å². The summed E-state index contributed by atoms with van der Waals surface area (Å²) in [4.78, 5) is 20.6. The lowest BCUT2D eigenvalue weighted by Gasteiger charge is -2.11. The first-order chi connectivity index (χ1) is 9.19. The molecule has 7 heteroatoms. The average Bonchev–Trinajstić information content (AvgIpc) is 2.84. The third kappa shape index (κ3) is 5.25. The molecule has 0 fully saturated rings. The lowest BCUT2D eigenvalue weighted by molar-refractivity contribution is 0.0957. The first-order valence-corrected chi connectivity index (χ1v) is 7.19. The number of aromatic nitrogens is 1. The SMILES string of the molecule is CCCNC(=NC)NCCNC(=O)c1scnc1C. The molecule has 0 radical (unpaired) electrons. The molecule has 0 atom stereocenters. The maximum Gasteiger partial charge on any atom is 0.263 e. The van der Waals surface area contributed by atoms with Gasteiger partial charge in [-0.2, -0.15) is 0 Å². The van der Waals surface area contributed by atoms with E-state index in [0.717, 1.165) is 24.6 Å². The summed E-state index contributed by atoms with van der Waals surface area (Å²) >= 11 is 1.36. The van der Waals surface area contributed by atoms with Crippen LogP contribution in [0.3, 0.4) is 0 Å². The fraction of sp³-hybridized carbons (Fsp3) is 0.583. The van der Waals surface area contributed by atoms with Crippen LogP contribution in [0.2, 0.25) is 0 Å². The van der Waals surface area contributed by atoms with Gasteiger partial charge in [0.1, 0.15) is 4.88 Å². The van der Waals surface area contributed by atoms with Gasteiger partial charge in [0.25, 0.3) is 5.91 Å². The Hall–Kier alpha value is -1.63. The van der Waals surface area contributed by atoms with Crippen molar-refractivity contribution in [2.24, 2.45) is 4.99 Å². The number of hydrogen-bond acceptors (Lipinski definition) is 4. The summed E-state index contributed by atoms with van der Waals surface area (Å²) in [5, 5.41) is 9.14. The Morgan fingerprint density at radius 1 is 1.32 bits per heavy atom. The molecule has 0 aliphatic carbocycles. The minimum Gasteiger partial charge on any atom is -0.356 e. The van der Waals surface area contributed by atoms with Gasteiger partial charge >= 0.3 is 0 Å². The standard InChI is InChI=1S/C12H21N5OS/c1-4-5-15-12(13-3)16-7-6-14-11(18)10-9(2)17-8-19-10/h8H,4-7H2,1-3H3,(H,14,18)(H2,13,15,16). The van der Waals surface area contributed by atoms with Gasteiger partial charge in [-0.15, -0.1) is 11.3 Å². The number of carbonyl (C=O) groups excluding carboxylic acids is 1. The highest BCUT2D eigenvalue weighted by molar-refractivity contribution is 7.11. The van der Waals surface area contributed by atoms with Crippen molar-refractivity contribution in [2.45, 2.75) is 20.3 Å². The van der Waals surface area contributed by atoms with Crippen LogP contribution in [0, 0.1) is 6.92 Å². The molecule has 0 aliphatic rings. The second kappa shape index (κ2) is 8.47. The van der Waals surface area contributed by atoms with Crippen molar-refractivity contribution in [2.75, 3.05) is 26.7 Å². The molecule has 1 rings (SSSR count). The highest BCUT2D eigenvalue weighted by Crippen LogP contribution is 2.10. The monoisotopic (exact) mass is 283 g/mol. The number of hydrogen-bond donors (Lipinski definition) is 3. The largest absolute Gasteiger partial charge is 0.356 e. The molecular formula is C12H21N5OS. The van der Waals surface area contributed by atoms with Crippen LogP contribution in [0.1, 0.15) is 28.7 Å². The Morgan fingerprint density at radius 2 is 2.00 bits per heavy atom. The van der Waals surface area contributed by atoms with Crippen molar-refractivity contribution in [3.63, 3.8) is 0 Å². The molecular weight excluding hydrogens is 262 g/mol. The van der Waals surface area contributed by atoms with Gasteiger partial charge in [-0.05, 0) is 13.3 Å². The van der Waals surface area contributed by atoms with Gasteiger partial charge in [-0.25, -0.2) is 4.98 Å². The van der Waals surface area contributed by atoms with Crippen molar-refractivity contribution in [1.82, 2.24) is 20.9 Å². The van der Waals surface area contributed by atoms with E-state index in [1.807, 2.05) is 6.92 Å². The number of thiazole rings is 1. The van der Waals surface area contributed by atoms with E-state index in [1.54, 1.807) is 12.6 Å². The summed E-state index contributed by atoms with van der Waals surface area (Å²) in [6.07, 6.45) is 1.04. The van der Waals surface area contributed by atoms with Crippen LogP contribution in [0.15, 0.2) is 10.5 Å². The molecule has 0 spiro atoms. The Bertz CT molecular complexity index is 430. The summed E-state index contributed by atoms with van der Waals surface area (Å²) in [6.45, 7) is 5.99. The van der Waals surface area contributed by atoms with E-state index in [2.05, 4.69) is 32.9 Å². The van der Waals surface area contributed by atoms with Crippen molar-refractivity contribution < 1.29 is 4.79 Å². The van der Waals surface area contributed by atoms with Gasteiger partial charge in [0.2, 0.25) is 0 Å². The topological polar surface area (TPSA) is 78.4 Å². The van der Waals surface area contributed by atoms with Gasteiger partial charge < -0.3 is 16.0 Å². The van der Waals surface area contributed by atoms with Crippen LogP contribution in [-0.4, -0.2) is 43.5 Å². The molecule has 0 aromatic carbocycles. The Kier molecular flexibility index (Phi) is 6.88. The summed E-state index contributed by atoms with van der Waals surface area (Å²) in [6, 6.07) is 0. The number of aryl methyl sites for hydroxylation is 1. The fourth-order valence-electron chi connectivity index (χ4n) is 1.42. The summed E-state index contributed by atoms with van der Waals surface area (Å²) in [7, 11) is 1.73. The summed E-state index contributed by atoms with van der Waals surface area (Å²) < 4.78 is 0. The van der Waals surface area contributed by atoms with Crippen molar-refractivity contribution in [3.8, 4) is 0 Å². The molecule has 0 aliphatic heterocycles. The first kappa shape index (κ1) is 15.4. The molecule has 1 aromatic heterocycles. The average molecular weight is 283 g/mol. The Labute approximate surface area is 117 Å². The number of nitrogens with one attached hydrogen (secondary N) is 3. The molecule has 0 unspecified atom stereocenters. The van der Waals surface area contributed by atoms with Crippen LogP contribution in [0.5, 0.6) is 0 Å². The number of rotatable bonds is 6. The third-order valence-electron chi connectivity index (χ3n) is 2.42. The molecule has 19 heavy (non-hydrogen) atoms. The molecule has 0 bridgehead atoms. The van der Waals surface area contributed by atoms with Crippen LogP contribution in [0.4, 0.5) is 0 Å². The highest BCUT2D eigenvalue weighted by atomic mass is 32.1. The zero-order valence-electron chi connectivity index (χ0n) is 11.6. The van der Waals surface area contributed by atoms with Crippen molar-refractivity contribution >= 4 is 23.2 Å². The number of nitrogens with zero attached hydrogens (tertiary/aromatic N) is 2. The molecule has 1 amide bonds. The zero-order chi connectivity index (χ0) is 14.1. The minimum absolute atomic E-state index is 0.0710. The van der Waals surface area contributed by atoms with Crippen LogP contribution in [-0.2, 0) is 0 Å². The molecule has 106 valence electrons.